The van der Waals surface area contributed by atoms with Crippen molar-refractivity contribution in [1.82, 2.24) is 20.4 Å². The molecule has 3 rings (SSSR count). The van der Waals surface area contributed by atoms with Crippen molar-refractivity contribution in [2.24, 2.45) is 10.9 Å². The van der Waals surface area contributed by atoms with Crippen molar-refractivity contribution < 1.29 is 4.39 Å². The van der Waals surface area contributed by atoms with E-state index >= 15 is 0 Å². The molecule has 0 radical (unpaired) electrons. The average Bonchev–Trinajstić information content (AvgIpc) is 3.10. The van der Waals surface area contributed by atoms with E-state index in [2.05, 4.69) is 27.6 Å². The van der Waals surface area contributed by atoms with Crippen LogP contribution in [0.15, 0.2) is 41.5 Å². The zero-order valence-corrected chi connectivity index (χ0v) is 18.3. The second-order valence-corrected chi connectivity index (χ2v) is 7.09. The van der Waals surface area contributed by atoms with Crippen LogP contribution < -0.4 is 10.6 Å². The van der Waals surface area contributed by atoms with Crippen molar-refractivity contribution in [2.45, 2.75) is 45.1 Å². The van der Waals surface area contributed by atoms with Gasteiger partial charge in [0.25, 0.3) is 0 Å². The van der Waals surface area contributed by atoms with Gasteiger partial charge in [0.1, 0.15) is 5.82 Å². The lowest BCUT2D eigenvalue weighted by Crippen LogP contribution is -2.45. The maximum absolute atomic E-state index is 13.0. The number of hydrogen-bond acceptors (Lipinski definition) is 2. The van der Waals surface area contributed by atoms with Crippen LogP contribution in [0.1, 0.15) is 38.3 Å². The molecule has 1 aromatic carbocycles. The van der Waals surface area contributed by atoms with E-state index in [9.17, 15) is 4.39 Å². The van der Waals surface area contributed by atoms with E-state index < -0.39 is 0 Å². The van der Waals surface area contributed by atoms with Gasteiger partial charge < -0.3 is 10.6 Å². The highest BCUT2D eigenvalue weighted by Crippen LogP contribution is 2.23. The van der Waals surface area contributed by atoms with E-state index in [-0.39, 0.29) is 29.8 Å². The third kappa shape index (κ3) is 6.48. The second-order valence-electron chi connectivity index (χ2n) is 7.09. The topological polar surface area (TPSA) is 54.2 Å². The Balaban J connectivity index is 0.00000261. The Morgan fingerprint density at radius 1 is 1.26 bits per heavy atom. The van der Waals surface area contributed by atoms with Crippen molar-refractivity contribution in [2.75, 3.05) is 13.6 Å². The first-order chi connectivity index (χ1) is 12.6. The van der Waals surface area contributed by atoms with Crippen LogP contribution in [-0.4, -0.2) is 35.4 Å². The van der Waals surface area contributed by atoms with Crippen molar-refractivity contribution in [3.8, 4) is 5.69 Å². The van der Waals surface area contributed by atoms with Crippen molar-refractivity contribution >= 4 is 29.9 Å². The normalized spacial score (nSPS) is 20.0. The quantitative estimate of drug-likeness (QED) is 0.384. The molecule has 0 spiro atoms. The highest BCUT2D eigenvalue weighted by atomic mass is 127. The summed E-state index contributed by atoms with van der Waals surface area (Å²) in [6.45, 7) is 3.09. The molecular formula is C20H29FIN5. The van der Waals surface area contributed by atoms with Crippen LogP contribution in [0, 0.1) is 11.7 Å². The number of halogens is 2. The molecule has 2 N–H and O–H groups in total. The Bertz CT molecular complexity index is 728. The standard InChI is InChI=1S/C20H28FN5.HI/c1-15-4-3-5-18(14-15)24-20(22-2)23-12-10-17-11-13-26(25-17)19-8-6-16(21)7-9-19;/h6-9,11,13,15,18H,3-5,10,12,14H2,1-2H3,(H2,22,23,24);1H. The molecule has 1 aromatic heterocycles. The van der Waals surface area contributed by atoms with Gasteiger partial charge >= 0.3 is 0 Å². The Hall–Kier alpha value is -1.64. The molecule has 1 fully saturated rings. The number of aromatic nitrogens is 2. The third-order valence-electron chi connectivity index (χ3n) is 4.91. The molecule has 5 nitrogen and oxygen atoms in total. The molecule has 1 saturated carbocycles. The molecule has 27 heavy (non-hydrogen) atoms. The molecule has 1 aliphatic carbocycles. The maximum atomic E-state index is 13.0. The number of guanidine groups is 1. The number of nitrogens with one attached hydrogen (secondary N) is 2. The van der Waals surface area contributed by atoms with Gasteiger partial charge in [-0.1, -0.05) is 19.8 Å². The van der Waals surface area contributed by atoms with Crippen LogP contribution in [0.5, 0.6) is 0 Å². The molecule has 148 valence electrons. The lowest BCUT2D eigenvalue weighted by atomic mass is 9.87. The summed E-state index contributed by atoms with van der Waals surface area (Å²) in [5.41, 5.74) is 1.85. The largest absolute Gasteiger partial charge is 0.356 e. The SMILES string of the molecule is CN=C(NCCc1ccn(-c2ccc(F)cc2)n1)NC1CCCC(C)C1.I. The Morgan fingerprint density at radius 2 is 2.04 bits per heavy atom. The van der Waals surface area contributed by atoms with E-state index in [0.29, 0.717) is 6.04 Å². The molecule has 7 heteroatoms. The van der Waals surface area contributed by atoms with Gasteiger partial charge in [0, 0.05) is 32.3 Å². The van der Waals surface area contributed by atoms with Gasteiger partial charge in [0.15, 0.2) is 5.96 Å². The van der Waals surface area contributed by atoms with Crippen LogP contribution in [0.25, 0.3) is 5.69 Å². The fourth-order valence-corrected chi connectivity index (χ4v) is 3.49. The van der Waals surface area contributed by atoms with Gasteiger partial charge in [-0.05, 0) is 49.1 Å². The summed E-state index contributed by atoms with van der Waals surface area (Å²) < 4.78 is 14.8. The van der Waals surface area contributed by atoms with E-state index in [0.717, 1.165) is 36.2 Å². The first-order valence-electron chi connectivity index (χ1n) is 9.41. The summed E-state index contributed by atoms with van der Waals surface area (Å²) in [5, 5.41) is 11.5. The molecule has 0 aliphatic heterocycles. The van der Waals surface area contributed by atoms with Gasteiger partial charge in [-0.3, -0.25) is 4.99 Å². The predicted molar refractivity (Wildman–Crippen MR) is 119 cm³/mol. The van der Waals surface area contributed by atoms with Crippen LogP contribution in [0.4, 0.5) is 4.39 Å². The molecule has 1 heterocycles. The highest BCUT2D eigenvalue weighted by Gasteiger charge is 2.19. The maximum Gasteiger partial charge on any atom is 0.191 e. The zero-order valence-electron chi connectivity index (χ0n) is 16.0. The molecule has 1 aliphatic rings. The molecule has 0 amide bonds. The monoisotopic (exact) mass is 485 g/mol. The Labute approximate surface area is 177 Å². The molecule has 0 bridgehead atoms. The smallest absolute Gasteiger partial charge is 0.191 e. The van der Waals surface area contributed by atoms with Gasteiger partial charge in [-0.25, -0.2) is 9.07 Å². The molecule has 0 saturated heterocycles. The van der Waals surface area contributed by atoms with Gasteiger partial charge in [0.05, 0.1) is 11.4 Å². The zero-order chi connectivity index (χ0) is 18.4. The summed E-state index contributed by atoms with van der Waals surface area (Å²) in [7, 11) is 1.81. The fourth-order valence-electron chi connectivity index (χ4n) is 3.49. The minimum atomic E-state index is -0.239. The summed E-state index contributed by atoms with van der Waals surface area (Å²) >= 11 is 0. The van der Waals surface area contributed by atoms with Gasteiger partial charge in [-0.15, -0.1) is 24.0 Å². The van der Waals surface area contributed by atoms with Gasteiger partial charge in [0.2, 0.25) is 0 Å². The predicted octanol–water partition coefficient (Wildman–Crippen LogP) is 3.92. The molecule has 2 aromatic rings. The molecular weight excluding hydrogens is 456 g/mol. The van der Waals surface area contributed by atoms with E-state index in [1.807, 2.05) is 19.3 Å². The van der Waals surface area contributed by atoms with E-state index in [1.165, 1.54) is 37.8 Å². The van der Waals surface area contributed by atoms with Crippen LogP contribution >= 0.6 is 24.0 Å². The Morgan fingerprint density at radius 3 is 2.74 bits per heavy atom. The number of hydrogen-bond donors (Lipinski definition) is 2. The summed E-state index contributed by atoms with van der Waals surface area (Å²) in [6.07, 6.45) is 7.75. The van der Waals surface area contributed by atoms with Crippen molar-refractivity contribution in [3.05, 3.63) is 48.0 Å². The van der Waals surface area contributed by atoms with E-state index in [1.54, 1.807) is 16.8 Å². The number of benzene rings is 1. The first-order valence-corrected chi connectivity index (χ1v) is 9.41. The second kappa shape index (κ2) is 10.6. The lowest BCUT2D eigenvalue weighted by Gasteiger charge is -2.28. The van der Waals surface area contributed by atoms with Crippen molar-refractivity contribution in [3.63, 3.8) is 0 Å². The van der Waals surface area contributed by atoms with Crippen LogP contribution in [0.3, 0.4) is 0 Å². The summed E-state index contributed by atoms with van der Waals surface area (Å²) in [6, 6.07) is 8.84. The number of aliphatic imine (C=N–C) groups is 1. The lowest BCUT2D eigenvalue weighted by molar-refractivity contribution is 0.324. The average molecular weight is 485 g/mol. The fraction of sp³-hybridized carbons (Fsp3) is 0.500. The Kier molecular flexibility index (Phi) is 8.53. The number of nitrogens with zero attached hydrogens (tertiary/aromatic N) is 3. The van der Waals surface area contributed by atoms with Crippen LogP contribution in [0.2, 0.25) is 0 Å². The third-order valence-corrected chi connectivity index (χ3v) is 4.91. The summed E-state index contributed by atoms with van der Waals surface area (Å²) in [5.74, 6) is 1.41. The van der Waals surface area contributed by atoms with E-state index in [4.69, 9.17) is 0 Å². The molecule has 2 unspecified atom stereocenters. The minimum absolute atomic E-state index is 0. The van der Waals surface area contributed by atoms with Gasteiger partial charge in [-0.2, -0.15) is 5.10 Å². The highest BCUT2D eigenvalue weighted by molar-refractivity contribution is 14.0. The van der Waals surface area contributed by atoms with Crippen LogP contribution in [-0.2, 0) is 6.42 Å². The first kappa shape index (κ1) is 21.7. The van der Waals surface area contributed by atoms with Crippen molar-refractivity contribution in [1.29, 1.82) is 0 Å². The minimum Gasteiger partial charge on any atom is -0.356 e. The molecule has 2 atom stereocenters. The summed E-state index contributed by atoms with van der Waals surface area (Å²) in [4.78, 5) is 4.33. The number of rotatable bonds is 5.